The molecule has 0 aromatic heterocycles. The van der Waals surface area contributed by atoms with Gasteiger partial charge in [-0.1, -0.05) is 49.4 Å². The van der Waals surface area contributed by atoms with E-state index < -0.39 is 0 Å². The third kappa shape index (κ3) is 5.22. The topological polar surface area (TPSA) is 62.1 Å². The van der Waals surface area contributed by atoms with Gasteiger partial charge in [0, 0.05) is 12.6 Å². The number of hydrogen-bond acceptors (Lipinski definition) is 4. The van der Waals surface area contributed by atoms with Gasteiger partial charge in [0.15, 0.2) is 0 Å². The summed E-state index contributed by atoms with van der Waals surface area (Å²) in [6.07, 6.45) is 0. The van der Waals surface area contributed by atoms with Crippen molar-refractivity contribution in [3.8, 4) is 6.07 Å². The molecule has 0 saturated carbocycles. The largest absolute Gasteiger partial charge is 0.461 e. The van der Waals surface area contributed by atoms with Crippen molar-refractivity contribution in [2.45, 2.75) is 26.5 Å². The normalized spacial score (nSPS) is 12.9. The Kier molecular flexibility index (Phi) is 6.53. The molecule has 0 bridgehead atoms. The fourth-order valence-corrected chi connectivity index (χ4v) is 2.27. The minimum absolute atomic E-state index is 0.0992. The monoisotopic (exact) mass is 322 g/mol. The summed E-state index contributed by atoms with van der Waals surface area (Å²) >= 11 is 0. The molecule has 2 atom stereocenters. The summed E-state index contributed by atoms with van der Waals surface area (Å²) in [5.74, 6) is -0.437. The van der Waals surface area contributed by atoms with Crippen molar-refractivity contribution in [2.24, 2.45) is 5.92 Å². The fraction of sp³-hybridized carbons (Fsp3) is 0.300. The van der Waals surface area contributed by atoms with Crippen molar-refractivity contribution in [3.05, 3.63) is 71.3 Å². The lowest BCUT2D eigenvalue weighted by Crippen LogP contribution is -2.29. The molecule has 4 heteroatoms. The summed E-state index contributed by atoms with van der Waals surface area (Å²) in [6.45, 7) is 4.72. The molecular formula is C20H22N2O2. The first kappa shape index (κ1) is 17.7. The van der Waals surface area contributed by atoms with E-state index in [4.69, 9.17) is 10.00 Å². The molecule has 0 fully saturated rings. The molecule has 2 rings (SSSR count). The highest BCUT2D eigenvalue weighted by atomic mass is 16.5. The second-order valence-electron chi connectivity index (χ2n) is 5.86. The van der Waals surface area contributed by atoms with Crippen molar-refractivity contribution in [3.63, 3.8) is 0 Å². The van der Waals surface area contributed by atoms with Gasteiger partial charge in [-0.2, -0.15) is 5.26 Å². The molecule has 0 radical (unpaired) electrons. The molecule has 124 valence electrons. The predicted molar refractivity (Wildman–Crippen MR) is 93.0 cm³/mol. The van der Waals surface area contributed by atoms with Gasteiger partial charge in [0.2, 0.25) is 0 Å². The number of nitriles is 1. The second kappa shape index (κ2) is 8.85. The lowest BCUT2D eigenvalue weighted by Gasteiger charge is -2.17. The van der Waals surface area contributed by atoms with E-state index in [-0.39, 0.29) is 17.9 Å². The number of esters is 1. The molecule has 2 aromatic rings. The van der Waals surface area contributed by atoms with Crippen LogP contribution in [0.2, 0.25) is 0 Å². The summed E-state index contributed by atoms with van der Waals surface area (Å²) in [5, 5.41) is 12.2. The van der Waals surface area contributed by atoms with Crippen LogP contribution in [-0.2, 0) is 16.1 Å². The summed E-state index contributed by atoms with van der Waals surface area (Å²) in [7, 11) is 0. The highest BCUT2D eigenvalue weighted by molar-refractivity contribution is 5.72. The number of carbonyl (C=O) groups excluding carboxylic acids is 1. The molecule has 0 heterocycles. The molecule has 0 amide bonds. The van der Waals surface area contributed by atoms with Crippen LogP contribution in [0.15, 0.2) is 54.6 Å². The minimum atomic E-state index is -0.227. The number of carbonyl (C=O) groups is 1. The molecule has 4 nitrogen and oxygen atoms in total. The van der Waals surface area contributed by atoms with E-state index in [2.05, 4.69) is 11.4 Å². The summed E-state index contributed by atoms with van der Waals surface area (Å²) < 4.78 is 5.34. The molecule has 0 aliphatic carbocycles. The predicted octanol–water partition coefficient (Wildman–Crippen LogP) is 3.59. The van der Waals surface area contributed by atoms with E-state index in [9.17, 15) is 4.79 Å². The first-order valence-electron chi connectivity index (χ1n) is 8.04. The fourth-order valence-electron chi connectivity index (χ4n) is 2.27. The van der Waals surface area contributed by atoms with Crippen LogP contribution < -0.4 is 5.32 Å². The second-order valence-corrected chi connectivity index (χ2v) is 5.86. The Morgan fingerprint density at radius 3 is 2.42 bits per heavy atom. The van der Waals surface area contributed by atoms with Crippen molar-refractivity contribution >= 4 is 5.97 Å². The number of ether oxygens (including phenoxy) is 1. The molecule has 0 saturated heterocycles. The quantitative estimate of drug-likeness (QED) is 0.791. The van der Waals surface area contributed by atoms with Gasteiger partial charge in [-0.15, -0.1) is 0 Å². The van der Waals surface area contributed by atoms with Gasteiger partial charge in [-0.25, -0.2) is 0 Å². The summed E-state index contributed by atoms with van der Waals surface area (Å²) in [6, 6.07) is 19.3. The van der Waals surface area contributed by atoms with Gasteiger partial charge in [-0.05, 0) is 30.2 Å². The van der Waals surface area contributed by atoms with Gasteiger partial charge in [0.05, 0.1) is 17.6 Å². The van der Waals surface area contributed by atoms with E-state index in [0.717, 1.165) is 11.1 Å². The zero-order chi connectivity index (χ0) is 17.4. The van der Waals surface area contributed by atoms with Crippen molar-refractivity contribution < 1.29 is 9.53 Å². The SMILES string of the molecule is CC(CNC(C)c1ccc(C#N)cc1)C(=O)OCc1ccccc1. The van der Waals surface area contributed by atoms with Crippen LogP contribution in [0.3, 0.4) is 0 Å². The average Bonchev–Trinajstić information content (AvgIpc) is 2.64. The Labute approximate surface area is 143 Å². The molecule has 24 heavy (non-hydrogen) atoms. The third-order valence-corrected chi connectivity index (χ3v) is 3.90. The number of nitrogens with zero attached hydrogens (tertiary/aromatic N) is 1. The molecular weight excluding hydrogens is 300 g/mol. The Bertz CT molecular complexity index is 690. The lowest BCUT2D eigenvalue weighted by molar-refractivity contribution is -0.149. The Morgan fingerprint density at radius 1 is 1.12 bits per heavy atom. The zero-order valence-electron chi connectivity index (χ0n) is 14.0. The summed E-state index contributed by atoms with van der Waals surface area (Å²) in [4.78, 5) is 12.1. The first-order valence-corrected chi connectivity index (χ1v) is 8.04. The van der Waals surface area contributed by atoms with Crippen LogP contribution in [0.4, 0.5) is 0 Å². The highest BCUT2D eigenvalue weighted by Crippen LogP contribution is 2.14. The van der Waals surface area contributed by atoms with Crippen molar-refractivity contribution in [1.82, 2.24) is 5.32 Å². The molecule has 0 aliphatic rings. The van der Waals surface area contributed by atoms with Gasteiger partial charge in [-0.3, -0.25) is 4.79 Å². The van der Waals surface area contributed by atoms with Crippen LogP contribution in [0.1, 0.15) is 36.6 Å². The maximum atomic E-state index is 12.1. The molecule has 0 aliphatic heterocycles. The molecule has 2 aromatic carbocycles. The smallest absolute Gasteiger partial charge is 0.310 e. The van der Waals surface area contributed by atoms with Crippen LogP contribution in [0, 0.1) is 17.2 Å². The maximum absolute atomic E-state index is 12.1. The van der Waals surface area contributed by atoms with E-state index in [0.29, 0.717) is 18.7 Å². The average molecular weight is 322 g/mol. The highest BCUT2D eigenvalue weighted by Gasteiger charge is 2.16. The standard InChI is InChI=1S/C20H22N2O2/c1-15(20(23)24-14-18-6-4-3-5-7-18)13-22-16(2)19-10-8-17(12-21)9-11-19/h3-11,15-16,22H,13-14H2,1-2H3. The Morgan fingerprint density at radius 2 is 1.79 bits per heavy atom. The van der Waals surface area contributed by atoms with Gasteiger partial charge in [0.25, 0.3) is 0 Å². The van der Waals surface area contributed by atoms with E-state index >= 15 is 0 Å². The number of benzene rings is 2. The van der Waals surface area contributed by atoms with Crippen molar-refractivity contribution in [1.29, 1.82) is 5.26 Å². The number of nitrogens with one attached hydrogen (secondary N) is 1. The molecule has 1 N–H and O–H groups in total. The van der Waals surface area contributed by atoms with Gasteiger partial charge < -0.3 is 10.1 Å². The Hall–Kier alpha value is -2.64. The van der Waals surface area contributed by atoms with Gasteiger partial charge in [0.1, 0.15) is 6.61 Å². The van der Waals surface area contributed by atoms with Crippen LogP contribution in [0.5, 0.6) is 0 Å². The van der Waals surface area contributed by atoms with E-state index in [1.54, 1.807) is 12.1 Å². The number of hydrogen-bond donors (Lipinski definition) is 1. The zero-order valence-corrected chi connectivity index (χ0v) is 14.0. The van der Waals surface area contributed by atoms with Gasteiger partial charge >= 0.3 is 5.97 Å². The minimum Gasteiger partial charge on any atom is -0.461 e. The van der Waals surface area contributed by atoms with Crippen LogP contribution >= 0.6 is 0 Å². The first-order chi connectivity index (χ1) is 11.6. The Balaban J connectivity index is 1.77. The van der Waals surface area contributed by atoms with Crippen molar-refractivity contribution in [2.75, 3.05) is 6.54 Å². The maximum Gasteiger partial charge on any atom is 0.310 e. The number of rotatable bonds is 7. The summed E-state index contributed by atoms with van der Waals surface area (Å²) in [5.41, 5.74) is 2.71. The van der Waals surface area contributed by atoms with E-state index in [1.807, 2.05) is 56.3 Å². The lowest BCUT2D eigenvalue weighted by atomic mass is 10.1. The molecule has 2 unspecified atom stereocenters. The van der Waals surface area contributed by atoms with Crippen LogP contribution in [0.25, 0.3) is 0 Å². The van der Waals surface area contributed by atoms with Crippen LogP contribution in [-0.4, -0.2) is 12.5 Å². The molecule has 0 spiro atoms. The third-order valence-electron chi connectivity index (χ3n) is 3.90. The van der Waals surface area contributed by atoms with E-state index in [1.165, 1.54) is 0 Å².